The second-order valence-electron chi connectivity index (χ2n) is 3.35. The van der Waals surface area contributed by atoms with E-state index in [1.165, 1.54) is 0 Å². The van der Waals surface area contributed by atoms with Gasteiger partial charge in [-0.05, 0) is 12.8 Å². The number of hydrogen-bond donors (Lipinski definition) is 0. The molecule has 0 saturated carbocycles. The summed E-state index contributed by atoms with van der Waals surface area (Å²) in [5.74, 6) is 0.258. The van der Waals surface area contributed by atoms with Crippen LogP contribution in [0.1, 0.15) is 39.5 Å². The van der Waals surface area contributed by atoms with Crippen LogP contribution in [0.2, 0.25) is 0 Å². The van der Waals surface area contributed by atoms with Gasteiger partial charge in [0.1, 0.15) is 5.54 Å². The molecule has 68 valence electrons. The lowest BCUT2D eigenvalue weighted by atomic mass is 9.99. The van der Waals surface area contributed by atoms with Crippen molar-refractivity contribution in [3.05, 3.63) is 12.8 Å². The van der Waals surface area contributed by atoms with Crippen molar-refractivity contribution in [2.75, 3.05) is 0 Å². The van der Waals surface area contributed by atoms with Crippen LogP contribution in [0.3, 0.4) is 0 Å². The zero-order valence-corrected chi connectivity index (χ0v) is 7.97. The fourth-order valence-electron chi connectivity index (χ4n) is 1.77. The third kappa shape index (κ3) is 1.15. The number of hydrogen-bond acceptors (Lipinski definition) is 1. The normalized spacial score (nSPS) is 27.5. The van der Waals surface area contributed by atoms with Gasteiger partial charge in [0.2, 0.25) is 0 Å². The van der Waals surface area contributed by atoms with E-state index < -0.39 is 0 Å². The maximum absolute atomic E-state index is 11.4. The number of unbranched alkanes of at least 4 members (excludes halogenated alkanes) is 1. The summed E-state index contributed by atoms with van der Waals surface area (Å²) in [6.07, 6.45) is 5.84. The fourth-order valence-corrected chi connectivity index (χ4v) is 1.77. The average Bonchev–Trinajstić information content (AvgIpc) is 2.67. The number of carbonyl (C=O) groups is 1. The number of rotatable bonds is 5. The van der Waals surface area contributed by atoms with E-state index in [-0.39, 0.29) is 11.4 Å². The molecule has 1 atom stereocenters. The van der Waals surface area contributed by atoms with Crippen molar-refractivity contribution in [1.82, 2.24) is 4.90 Å². The molecule has 1 saturated heterocycles. The minimum Gasteiger partial charge on any atom is -0.302 e. The number of nitrogens with zero attached hydrogens (tertiary/aromatic N) is 1. The molecule has 1 heterocycles. The first kappa shape index (κ1) is 9.30. The van der Waals surface area contributed by atoms with E-state index in [0.29, 0.717) is 0 Å². The largest absolute Gasteiger partial charge is 0.302 e. The van der Waals surface area contributed by atoms with Gasteiger partial charge in [0.15, 0.2) is 0 Å². The summed E-state index contributed by atoms with van der Waals surface area (Å²) >= 11 is 0. The molecule has 12 heavy (non-hydrogen) atoms. The minimum absolute atomic E-state index is 0.155. The monoisotopic (exact) mass is 167 g/mol. The molecule has 0 spiro atoms. The molecule has 0 radical (unpaired) electrons. The zero-order valence-electron chi connectivity index (χ0n) is 7.97. The van der Waals surface area contributed by atoms with E-state index in [1.807, 2.05) is 0 Å². The standard InChI is InChI=1S/C10H17NO/c1-4-7-8-10(5-2)9(12)11(10)6-3/h6H,3-5,7-8H2,1-2H3. The fraction of sp³-hybridized carbons (Fsp3) is 0.700. The van der Waals surface area contributed by atoms with Crippen LogP contribution in [0.15, 0.2) is 12.8 Å². The summed E-state index contributed by atoms with van der Waals surface area (Å²) in [6, 6.07) is 0. The van der Waals surface area contributed by atoms with E-state index in [2.05, 4.69) is 20.4 Å². The van der Waals surface area contributed by atoms with Crippen LogP contribution in [0.25, 0.3) is 0 Å². The van der Waals surface area contributed by atoms with E-state index >= 15 is 0 Å². The molecule has 1 rings (SSSR count). The third-order valence-electron chi connectivity index (χ3n) is 2.74. The first-order valence-electron chi connectivity index (χ1n) is 4.69. The quantitative estimate of drug-likeness (QED) is 0.575. The van der Waals surface area contributed by atoms with E-state index in [1.54, 1.807) is 11.1 Å². The highest BCUT2D eigenvalue weighted by Crippen LogP contribution is 2.41. The highest BCUT2D eigenvalue weighted by atomic mass is 16.2. The summed E-state index contributed by atoms with van der Waals surface area (Å²) in [7, 11) is 0. The number of amides is 1. The lowest BCUT2D eigenvalue weighted by Gasteiger charge is -2.09. The SMILES string of the molecule is C=CN1C(=O)C1(CC)CCCC. The predicted molar refractivity (Wildman–Crippen MR) is 49.6 cm³/mol. The second kappa shape index (κ2) is 3.30. The van der Waals surface area contributed by atoms with Gasteiger partial charge in [-0.2, -0.15) is 0 Å². The van der Waals surface area contributed by atoms with Gasteiger partial charge in [0.25, 0.3) is 5.91 Å². The molecule has 0 aliphatic carbocycles. The molecule has 1 amide bonds. The molecule has 2 nitrogen and oxygen atoms in total. The first-order chi connectivity index (χ1) is 5.72. The minimum atomic E-state index is -0.155. The zero-order chi connectivity index (χ0) is 9.19. The molecular formula is C10H17NO. The molecular weight excluding hydrogens is 150 g/mol. The highest BCUT2D eigenvalue weighted by Gasteiger charge is 2.58. The second-order valence-corrected chi connectivity index (χ2v) is 3.35. The molecule has 0 aromatic heterocycles. The summed E-state index contributed by atoms with van der Waals surface area (Å²) in [5.41, 5.74) is -0.155. The summed E-state index contributed by atoms with van der Waals surface area (Å²) in [6.45, 7) is 7.84. The molecule has 1 aliphatic heterocycles. The average molecular weight is 167 g/mol. The number of carbonyl (C=O) groups excluding carboxylic acids is 1. The Balaban J connectivity index is 2.55. The van der Waals surface area contributed by atoms with Crippen molar-refractivity contribution in [2.45, 2.75) is 45.1 Å². The van der Waals surface area contributed by atoms with Crippen molar-refractivity contribution < 1.29 is 4.79 Å². The molecule has 1 unspecified atom stereocenters. The Hall–Kier alpha value is -0.790. The van der Waals surface area contributed by atoms with Crippen LogP contribution in [0.5, 0.6) is 0 Å². The van der Waals surface area contributed by atoms with Crippen LogP contribution < -0.4 is 0 Å². The van der Waals surface area contributed by atoms with Gasteiger partial charge >= 0.3 is 0 Å². The summed E-state index contributed by atoms with van der Waals surface area (Å²) in [4.78, 5) is 13.1. The van der Waals surface area contributed by atoms with Crippen molar-refractivity contribution in [3.63, 3.8) is 0 Å². The van der Waals surface area contributed by atoms with Crippen LogP contribution in [-0.2, 0) is 4.79 Å². The Morgan fingerprint density at radius 1 is 1.58 bits per heavy atom. The van der Waals surface area contributed by atoms with Crippen LogP contribution in [0.4, 0.5) is 0 Å². The maximum Gasteiger partial charge on any atom is 0.253 e. The predicted octanol–water partition coefficient (Wildman–Crippen LogP) is 2.31. The van der Waals surface area contributed by atoms with Crippen molar-refractivity contribution in [2.24, 2.45) is 0 Å². The van der Waals surface area contributed by atoms with Crippen LogP contribution >= 0.6 is 0 Å². The lowest BCUT2D eigenvalue weighted by molar-refractivity contribution is -0.113. The Bertz CT molecular complexity index is 200. The highest BCUT2D eigenvalue weighted by molar-refractivity contribution is 6.03. The Labute approximate surface area is 74.2 Å². The molecule has 1 fully saturated rings. The van der Waals surface area contributed by atoms with Crippen LogP contribution in [-0.4, -0.2) is 16.3 Å². The van der Waals surface area contributed by atoms with Gasteiger partial charge in [-0.3, -0.25) is 4.79 Å². The van der Waals surface area contributed by atoms with E-state index in [0.717, 1.165) is 25.7 Å². The summed E-state index contributed by atoms with van der Waals surface area (Å²) < 4.78 is 0. The smallest absolute Gasteiger partial charge is 0.253 e. The van der Waals surface area contributed by atoms with E-state index in [4.69, 9.17) is 0 Å². The van der Waals surface area contributed by atoms with Crippen molar-refractivity contribution >= 4 is 5.91 Å². The summed E-state index contributed by atoms with van der Waals surface area (Å²) in [5, 5.41) is 0. The van der Waals surface area contributed by atoms with Gasteiger partial charge in [-0.15, -0.1) is 0 Å². The van der Waals surface area contributed by atoms with Gasteiger partial charge in [-0.1, -0.05) is 33.3 Å². The lowest BCUT2D eigenvalue weighted by Crippen LogP contribution is -2.14. The van der Waals surface area contributed by atoms with Crippen LogP contribution in [0, 0.1) is 0 Å². The first-order valence-corrected chi connectivity index (χ1v) is 4.69. The molecule has 0 aromatic carbocycles. The Kier molecular flexibility index (Phi) is 2.55. The molecule has 2 heteroatoms. The molecule has 1 aliphatic rings. The molecule has 0 aromatic rings. The van der Waals surface area contributed by atoms with Gasteiger partial charge in [0, 0.05) is 6.20 Å². The third-order valence-corrected chi connectivity index (χ3v) is 2.74. The van der Waals surface area contributed by atoms with Gasteiger partial charge < -0.3 is 4.90 Å². The Morgan fingerprint density at radius 2 is 2.25 bits per heavy atom. The van der Waals surface area contributed by atoms with Gasteiger partial charge in [-0.25, -0.2) is 0 Å². The maximum atomic E-state index is 11.4. The van der Waals surface area contributed by atoms with Crippen molar-refractivity contribution in [1.29, 1.82) is 0 Å². The van der Waals surface area contributed by atoms with Gasteiger partial charge in [0.05, 0.1) is 0 Å². The van der Waals surface area contributed by atoms with Crippen molar-refractivity contribution in [3.8, 4) is 0 Å². The topological polar surface area (TPSA) is 20.1 Å². The van der Waals surface area contributed by atoms with E-state index in [9.17, 15) is 4.79 Å². The molecule has 0 bridgehead atoms. The molecule has 0 N–H and O–H groups in total. The Morgan fingerprint density at radius 3 is 2.58 bits per heavy atom.